The van der Waals surface area contributed by atoms with Crippen LogP contribution in [0.25, 0.3) is 0 Å². The van der Waals surface area contributed by atoms with Crippen LogP contribution in [0.3, 0.4) is 0 Å². The van der Waals surface area contributed by atoms with Crippen LogP contribution in [0.1, 0.15) is 39.7 Å². The Bertz CT molecular complexity index is 968. The Morgan fingerprint density at radius 3 is 2.23 bits per heavy atom. The van der Waals surface area contributed by atoms with Crippen LogP contribution in [-0.2, 0) is 33.3 Å². The predicted octanol–water partition coefficient (Wildman–Crippen LogP) is 2.58. The molecule has 0 radical (unpaired) electrons. The summed E-state index contributed by atoms with van der Waals surface area (Å²) in [7, 11) is 4.73. The van der Waals surface area contributed by atoms with E-state index < -0.39 is 35.9 Å². The third-order valence-corrected chi connectivity index (χ3v) is 6.43. The summed E-state index contributed by atoms with van der Waals surface area (Å²) in [6.07, 6.45) is -1.86. The molecule has 0 bridgehead atoms. The smallest absolute Gasteiger partial charge is 0.233 e. The topological polar surface area (TPSA) is 105 Å². The summed E-state index contributed by atoms with van der Waals surface area (Å²) in [6.45, 7) is 7.86. The fourth-order valence-corrected chi connectivity index (χ4v) is 4.98. The first-order chi connectivity index (χ1) is 16.6. The molecule has 0 amide bonds. The summed E-state index contributed by atoms with van der Waals surface area (Å²) in [5, 5.41) is 4.29. The molecule has 194 valence electrons. The average molecular weight is 496 g/mol. The Labute approximate surface area is 204 Å². The van der Waals surface area contributed by atoms with Crippen LogP contribution >= 0.6 is 0 Å². The van der Waals surface area contributed by atoms with Gasteiger partial charge in [-0.05, 0) is 27.7 Å². The van der Waals surface area contributed by atoms with Gasteiger partial charge in [0.05, 0.1) is 39.9 Å². The van der Waals surface area contributed by atoms with E-state index in [0.29, 0.717) is 41.6 Å². The average Bonchev–Trinajstić information content (AvgIpc) is 3.49. The summed E-state index contributed by atoms with van der Waals surface area (Å²) in [4.78, 5) is 5.71. The lowest BCUT2D eigenvalue weighted by Gasteiger charge is -2.44. The molecule has 4 aliphatic rings. The summed E-state index contributed by atoms with van der Waals surface area (Å²) in [6, 6.07) is 3.53. The van der Waals surface area contributed by atoms with Crippen molar-refractivity contribution in [3.63, 3.8) is 0 Å². The molecule has 0 unspecified atom stereocenters. The maximum absolute atomic E-state index is 6.46. The number of fused-ring (bicyclic) bond motifs is 1. The van der Waals surface area contributed by atoms with Gasteiger partial charge >= 0.3 is 0 Å². The minimum absolute atomic E-state index is 0.179. The van der Waals surface area contributed by atoms with Gasteiger partial charge in [-0.1, -0.05) is 5.16 Å². The van der Waals surface area contributed by atoms with E-state index >= 15 is 0 Å². The van der Waals surface area contributed by atoms with E-state index in [-0.39, 0.29) is 12.7 Å². The van der Waals surface area contributed by atoms with Gasteiger partial charge in [-0.15, -0.1) is 0 Å². The maximum Gasteiger partial charge on any atom is 0.233 e. The van der Waals surface area contributed by atoms with Crippen LogP contribution in [0.2, 0.25) is 0 Å². The monoisotopic (exact) mass is 495 g/mol. The number of nitrogens with zero attached hydrogens (tertiary/aromatic N) is 1. The molecule has 3 fully saturated rings. The van der Waals surface area contributed by atoms with Gasteiger partial charge in [-0.25, -0.2) is 0 Å². The lowest BCUT2D eigenvalue weighted by Crippen LogP contribution is -2.63. The molecule has 0 N–H and O–H groups in total. The van der Waals surface area contributed by atoms with Crippen molar-refractivity contribution in [3.8, 4) is 17.2 Å². The highest BCUT2D eigenvalue weighted by Gasteiger charge is 2.64. The molecule has 5 rings (SSSR count). The molecule has 1 aromatic rings. The second-order valence-electron chi connectivity index (χ2n) is 9.79. The quantitative estimate of drug-likeness (QED) is 0.585. The van der Waals surface area contributed by atoms with Gasteiger partial charge in [0.2, 0.25) is 12.1 Å². The number of methoxy groups -OCH3 is 3. The number of hydrogen-bond acceptors (Lipinski definition) is 11. The minimum atomic E-state index is -1.17. The van der Waals surface area contributed by atoms with Gasteiger partial charge in [0.15, 0.2) is 11.6 Å². The van der Waals surface area contributed by atoms with Crippen LogP contribution < -0.4 is 14.2 Å². The van der Waals surface area contributed by atoms with Crippen molar-refractivity contribution < 1.29 is 47.5 Å². The summed E-state index contributed by atoms with van der Waals surface area (Å²) >= 11 is 0. The van der Waals surface area contributed by atoms with Crippen molar-refractivity contribution in [2.45, 2.75) is 76.1 Å². The van der Waals surface area contributed by atoms with Gasteiger partial charge in [0.1, 0.15) is 47.9 Å². The van der Waals surface area contributed by atoms with Crippen molar-refractivity contribution in [3.05, 3.63) is 17.7 Å². The fourth-order valence-electron chi connectivity index (χ4n) is 4.98. The van der Waals surface area contributed by atoms with E-state index in [9.17, 15) is 0 Å². The largest absolute Gasteiger partial charge is 0.496 e. The number of benzene rings is 1. The molecule has 0 aliphatic carbocycles. The van der Waals surface area contributed by atoms with Crippen LogP contribution in [0.5, 0.6) is 17.2 Å². The second kappa shape index (κ2) is 8.75. The zero-order valence-electron chi connectivity index (χ0n) is 21.1. The standard InChI is InChI=1S/C24H33NO10/c1-22(2)30-12-24(35-22)21(20-17(11-29-24)32-23(3,4)33-20)31-18-10-14(25-34-18)19-15(27-6)8-13(26-5)9-16(19)28-7/h8-9,17-18,20-21H,10-12H2,1-7H3/t17-,18+,20-,21+,24+/m1/s1. The highest BCUT2D eigenvalue weighted by Crippen LogP contribution is 2.46. The van der Waals surface area contributed by atoms with Crippen LogP contribution in [-0.4, -0.2) is 82.2 Å². The van der Waals surface area contributed by atoms with Crippen molar-refractivity contribution in [2.24, 2.45) is 5.16 Å². The molecule has 3 saturated heterocycles. The summed E-state index contributed by atoms with van der Waals surface area (Å²) in [5.41, 5.74) is 1.28. The molecule has 1 spiro atoms. The van der Waals surface area contributed by atoms with Crippen molar-refractivity contribution in [1.29, 1.82) is 0 Å². The minimum Gasteiger partial charge on any atom is -0.496 e. The third kappa shape index (κ3) is 4.45. The van der Waals surface area contributed by atoms with Crippen LogP contribution in [0.4, 0.5) is 0 Å². The molecular weight excluding hydrogens is 462 g/mol. The normalized spacial score (nSPS) is 34.9. The molecule has 11 nitrogen and oxygen atoms in total. The zero-order valence-corrected chi connectivity index (χ0v) is 21.1. The lowest BCUT2D eigenvalue weighted by atomic mass is 9.96. The van der Waals surface area contributed by atoms with E-state index in [4.69, 9.17) is 47.5 Å². The second-order valence-corrected chi connectivity index (χ2v) is 9.79. The molecule has 35 heavy (non-hydrogen) atoms. The maximum atomic E-state index is 6.46. The Balaban J connectivity index is 1.39. The summed E-state index contributed by atoms with van der Waals surface area (Å²) < 4.78 is 53.5. The van der Waals surface area contributed by atoms with Gasteiger partial charge in [-0.2, -0.15) is 0 Å². The van der Waals surface area contributed by atoms with E-state index in [1.807, 2.05) is 27.7 Å². The van der Waals surface area contributed by atoms with Crippen molar-refractivity contribution in [1.82, 2.24) is 0 Å². The third-order valence-electron chi connectivity index (χ3n) is 6.43. The Morgan fingerprint density at radius 2 is 1.63 bits per heavy atom. The van der Waals surface area contributed by atoms with Crippen molar-refractivity contribution >= 4 is 5.71 Å². The van der Waals surface area contributed by atoms with E-state index in [1.54, 1.807) is 33.5 Å². The first kappa shape index (κ1) is 24.5. The number of rotatable bonds is 6. The molecular formula is C24H33NO10. The van der Waals surface area contributed by atoms with Gasteiger partial charge < -0.3 is 47.5 Å². The molecule has 1 aromatic carbocycles. The Morgan fingerprint density at radius 1 is 0.914 bits per heavy atom. The zero-order chi connectivity index (χ0) is 25.0. The molecule has 5 atom stereocenters. The number of hydrogen-bond donors (Lipinski definition) is 0. The fraction of sp³-hybridized carbons (Fsp3) is 0.708. The van der Waals surface area contributed by atoms with E-state index in [0.717, 1.165) is 0 Å². The van der Waals surface area contributed by atoms with Gasteiger partial charge in [0.25, 0.3) is 0 Å². The highest BCUT2D eigenvalue weighted by atomic mass is 16.9. The van der Waals surface area contributed by atoms with Gasteiger partial charge in [0, 0.05) is 12.1 Å². The highest BCUT2D eigenvalue weighted by molar-refractivity contribution is 6.06. The Hall–Kier alpha value is -2.15. The van der Waals surface area contributed by atoms with E-state index in [2.05, 4.69) is 5.16 Å². The summed E-state index contributed by atoms with van der Waals surface area (Å²) in [5.74, 6) is -1.11. The number of ether oxygens (including phenoxy) is 9. The first-order valence-electron chi connectivity index (χ1n) is 11.6. The predicted molar refractivity (Wildman–Crippen MR) is 121 cm³/mol. The van der Waals surface area contributed by atoms with E-state index in [1.165, 1.54) is 0 Å². The number of oxime groups is 1. The van der Waals surface area contributed by atoms with Crippen molar-refractivity contribution in [2.75, 3.05) is 34.5 Å². The lowest BCUT2D eigenvalue weighted by molar-refractivity contribution is -0.353. The molecule has 0 saturated carbocycles. The first-order valence-corrected chi connectivity index (χ1v) is 11.6. The molecule has 0 aromatic heterocycles. The molecule has 4 aliphatic heterocycles. The van der Waals surface area contributed by atoms with Crippen LogP contribution in [0, 0.1) is 0 Å². The van der Waals surface area contributed by atoms with Gasteiger partial charge in [-0.3, -0.25) is 0 Å². The molecule has 4 heterocycles. The SMILES string of the molecule is COc1cc(OC)c(C2=NO[C@H](O[C@H]3[C@@H]4OC(C)(C)O[C@@H]4CO[C@]34COC(C)(C)O4)C2)c(OC)c1. The van der Waals surface area contributed by atoms with Crippen LogP contribution in [0.15, 0.2) is 17.3 Å². The Kier molecular flexibility index (Phi) is 6.14. The molecule has 11 heteroatoms.